The van der Waals surface area contributed by atoms with Gasteiger partial charge in [0, 0.05) is 18.4 Å². The van der Waals surface area contributed by atoms with Crippen LogP contribution < -0.4 is 5.32 Å². The molecule has 1 heterocycles. The minimum Gasteiger partial charge on any atom is -0.313 e. The molecule has 0 fully saturated rings. The van der Waals surface area contributed by atoms with E-state index in [2.05, 4.69) is 46.7 Å². The summed E-state index contributed by atoms with van der Waals surface area (Å²) in [5.41, 5.74) is 2.69. The highest BCUT2D eigenvalue weighted by atomic mass is 14.9. The Bertz CT molecular complexity index is 439. The van der Waals surface area contributed by atoms with Gasteiger partial charge in [-0.1, -0.05) is 36.4 Å². The maximum Gasteiger partial charge on any atom is 0.0317 e. The molecule has 2 heteroatoms. The normalized spacial score (nSPS) is 12.3. The Morgan fingerprint density at radius 1 is 1.11 bits per heavy atom. The second kappa shape index (κ2) is 6.92. The van der Waals surface area contributed by atoms with Crippen molar-refractivity contribution in [3.63, 3.8) is 0 Å². The number of aromatic nitrogens is 1. The second-order valence-corrected chi connectivity index (χ2v) is 4.51. The van der Waals surface area contributed by atoms with Crippen molar-refractivity contribution < 1.29 is 0 Å². The predicted octanol–water partition coefficient (Wildman–Crippen LogP) is 3.37. The molecule has 0 spiro atoms. The van der Waals surface area contributed by atoms with Crippen molar-refractivity contribution in [2.45, 2.75) is 25.3 Å². The molecular weight excluding hydrogens is 220 g/mol. The Labute approximate surface area is 109 Å². The maximum atomic E-state index is 4.15. The molecule has 0 saturated carbocycles. The topological polar surface area (TPSA) is 24.9 Å². The van der Waals surface area contributed by atoms with Gasteiger partial charge in [0.2, 0.25) is 0 Å². The fourth-order valence-corrected chi connectivity index (χ4v) is 2.22. The van der Waals surface area contributed by atoms with Crippen molar-refractivity contribution in [1.82, 2.24) is 10.3 Å². The number of rotatable bonds is 6. The molecule has 0 bridgehead atoms. The minimum absolute atomic E-state index is 0.447. The van der Waals surface area contributed by atoms with E-state index in [-0.39, 0.29) is 0 Å². The monoisotopic (exact) mass is 240 g/mol. The van der Waals surface area contributed by atoms with E-state index in [9.17, 15) is 0 Å². The van der Waals surface area contributed by atoms with E-state index in [1.165, 1.54) is 17.5 Å². The van der Waals surface area contributed by atoms with E-state index >= 15 is 0 Å². The first kappa shape index (κ1) is 12.8. The largest absolute Gasteiger partial charge is 0.313 e. The molecule has 0 radical (unpaired) electrons. The molecule has 2 rings (SSSR count). The Balaban J connectivity index is 1.85. The van der Waals surface area contributed by atoms with E-state index < -0.39 is 0 Å². The third kappa shape index (κ3) is 3.67. The number of benzene rings is 1. The average Bonchev–Trinajstić information content (AvgIpc) is 2.46. The van der Waals surface area contributed by atoms with Crippen molar-refractivity contribution in [2.75, 3.05) is 7.05 Å². The van der Waals surface area contributed by atoms with E-state index in [0.29, 0.717) is 6.04 Å². The molecule has 94 valence electrons. The van der Waals surface area contributed by atoms with Crippen molar-refractivity contribution >= 4 is 0 Å². The van der Waals surface area contributed by atoms with Crippen LogP contribution in [-0.2, 0) is 6.42 Å². The van der Waals surface area contributed by atoms with Crippen LogP contribution in [0.1, 0.15) is 30.0 Å². The summed E-state index contributed by atoms with van der Waals surface area (Å²) in [5.74, 6) is 0. The first-order chi connectivity index (χ1) is 8.90. The van der Waals surface area contributed by atoms with Gasteiger partial charge in [0.05, 0.1) is 0 Å². The van der Waals surface area contributed by atoms with Crippen LogP contribution in [0, 0.1) is 0 Å². The van der Waals surface area contributed by atoms with Crippen molar-refractivity contribution in [2.24, 2.45) is 0 Å². The van der Waals surface area contributed by atoms with Crippen LogP contribution in [0.15, 0.2) is 54.9 Å². The molecule has 0 aliphatic carbocycles. The molecule has 0 amide bonds. The molecule has 1 aromatic carbocycles. The summed E-state index contributed by atoms with van der Waals surface area (Å²) in [6.07, 6.45) is 7.20. The number of nitrogens with one attached hydrogen (secondary N) is 1. The zero-order chi connectivity index (χ0) is 12.6. The fraction of sp³-hybridized carbons (Fsp3) is 0.312. The molecule has 2 nitrogen and oxygen atoms in total. The quantitative estimate of drug-likeness (QED) is 0.837. The number of pyridine rings is 1. The fourth-order valence-electron chi connectivity index (χ4n) is 2.22. The SMILES string of the molecule is CNC(CCCc1cccnc1)c1ccccc1. The summed E-state index contributed by atoms with van der Waals surface area (Å²) in [4.78, 5) is 4.15. The van der Waals surface area contributed by atoms with E-state index in [1.807, 2.05) is 25.5 Å². The average molecular weight is 240 g/mol. The van der Waals surface area contributed by atoms with Gasteiger partial charge in [-0.3, -0.25) is 4.98 Å². The summed E-state index contributed by atoms with van der Waals surface area (Å²) >= 11 is 0. The Morgan fingerprint density at radius 3 is 2.61 bits per heavy atom. The van der Waals surface area contributed by atoms with Crippen molar-refractivity contribution in [3.05, 3.63) is 66.0 Å². The van der Waals surface area contributed by atoms with Crippen LogP contribution >= 0.6 is 0 Å². The Kier molecular flexibility index (Phi) is 4.91. The second-order valence-electron chi connectivity index (χ2n) is 4.51. The van der Waals surface area contributed by atoms with Crippen LogP contribution in [0.5, 0.6) is 0 Å². The van der Waals surface area contributed by atoms with Crippen LogP contribution in [-0.4, -0.2) is 12.0 Å². The third-order valence-electron chi connectivity index (χ3n) is 3.23. The highest BCUT2D eigenvalue weighted by Crippen LogP contribution is 2.18. The lowest BCUT2D eigenvalue weighted by Crippen LogP contribution is -2.16. The molecule has 0 saturated heterocycles. The van der Waals surface area contributed by atoms with Gasteiger partial charge >= 0.3 is 0 Å². The number of hydrogen-bond donors (Lipinski definition) is 1. The molecular formula is C16H20N2. The number of hydrogen-bond acceptors (Lipinski definition) is 2. The van der Waals surface area contributed by atoms with Gasteiger partial charge in [0.15, 0.2) is 0 Å². The van der Waals surface area contributed by atoms with Crippen LogP contribution in [0.4, 0.5) is 0 Å². The molecule has 18 heavy (non-hydrogen) atoms. The summed E-state index contributed by atoms with van der Waals surface area (Å²) in [6, 6.07) is 15.2. The summed E-state index contributed by atoms with van der Waals surface area (Å²) in [6.45, 7) is 0. The van der Waals surface area contributed by atoms with Gasteiger partial charge in [-0.25, -0.2) is 0 Å². The number of aryl methyl sites for hydroxylation is 1. The smallest absolute Gasteiger partial charge is 0.0317 e. The van der Waals surface area contributed by atoms with Gasteiger partial charge < -0.3 is 5.32 Å². The maximum absolute atomic E-state index is 4.15. The Hall–Kier alpha value is -1.67. The van der Waals surface area contributed by atoms with Gasteiger partial charge in [-0.05, 0) is 43.5 Å². The summed E-state index contributed by atoms with van der Waals surface area (Å²) < 4.78 is 0. The Morgan fingerprint density at radius 2 is 1.94 bits per heavy atom. The molecule has 1 aromatic heterocycles. The minimum atomic E-state index is 0.447. The van der Waals surface area contributed by atoms with Gasteiger partial charge in [0.1, 0.15) is 0 Å². The molecule has 0 aliphatic heterocycles. The number of nitrogens with zero attached hydrogens (tertiary/aromatic N) is 1. The van der Waals surface area contributed by atoms with Crippen LogP contribution in [0.25, 0.3) is 0 Å². The van der Waals surface area contributed by atoms with E-state index in [0.717, 1.165) is 12.8 Å². The predicted molar refractivity (Wildman–Crippen MR) is 75.4 cm³/mol. The van der Waals surface area contributed by atoms with Gasteiger partial charge in [0.25, 0.3) is 0 Å². The lowest BCUT2D eigenvalue weighted by Gasteiger charge is -2.16. The van der Waals surface area contributed by atoms with Crippen LogP contribution in [0.3, 0.4) is 0 Å². The van der Waals surface area contributed by atoms with Gasteiger partial charge in [-0.2, -0.15) is 0 Å². The lowest BCUT2D eigenvalue weighted by atomic mass is 10.00. The van der Waals surface area contributed by atoms with Crippen molar-refractivity contribution in [3.8, 4) is 0 Å². The first-order valence-corrected chi connectivity index (χ1v) is 6.51. The highest BCUT2D eigenvalue weighted by Gasteiger charge is 2.07. The van der Waals surface area contributed by atoms with Gasteiger partial charge in [-0.15, -0.1) is 0 Å². The lowest BCUT2D eigenvalue weighted by molar-refractivity contribution is 0.527. The molecule has 1 atom stereocenters. The molecule has 1 unspecified atom stereocenters. The first-order valence-electron chi connectivity index (χ1n) is 6.51. The standard InChI is InChI=1S/C16H20N2/c1-17-16(15-9-3-2-4-10-15)11-5-7-14-8-6-12-18-13-14/h2-4,6,8-10,12-13,16-17H,5,7,11H2,1H3. The van der Waals surface area contributed by atoms with Crippen LogP contribution in [0.2, 0.25) is 0 Å². The molecule has 0 aliphatic rings. The highest BCUT2D eigenvalue weighted by molar-refractivity contribution is 5.18. The third-order valence-corrected chi connectivity index (χ3v) is 3.23. The zero-order valence-corrected chi connectivity index (χ0v) is 10.8. The molecule has 1 N–H and O–H groups in total. The van der Waals surface area contributed by atoms with E-state index in [4.69, 9.17) is 0 Å². The summed E-state index contributed by atoms with van der Waals surface area (Å²) in [5, 5.41) is 3.39. The van der Waals surface area contributed by atoms with E-state index in [1.54, 1.807) is 0 Å². The summed E-state index contributed by atoms with van der Waals surface area (Å²) in [7, 11) is 2.03. The molecule has 2 aromatic rings. The van der Waals surface area contributed by atoms with Crippen molar-refractivity contribution in [1.29, 1.82) is 0 Å². The zero-order valence-electron chi connectivity index (χ0n) is 10.8.